The molecule has 2 rings (SSSR count). The molecule has 0 radical (unpaired) electrons. The molecule has 0 saturated carbocycles. The molecule has 0 unspecified atom stereocenters. The number of anilines is 1. The lowest BCUT2D eigenvalue weighted by Crippen LogP contribution is -2.17. The Balaban J connectivity index is 1.74. The van der Waals surface area contributed by atoms with E-state index in [4.69, 9.17) is 4.74 Å². The number of rotatable bonds is 6. The summed E-state index contributed by atoms with van der Waals surface area (Å²) < 4.78 is 45.2. The van der Waals surface area contributed by atoms with E-state index in [9.17, 15) is 13.2 Å². The quantitative estimate of drug-likeness (QED) is 0.815. The summed E-state index contributed by atoms with van der Waals surface area (Å²) in [6, 6.07) is 14.9. The van der Waals surface area contributed by atoms with Crippen LogP contribution < -0.4 is 14.8 Å². The molecule has 0 fully saturated rings. The lowest BCUT2D eigenvalue weighted by Gasteiger charge is -2.11. The predicted octanol–water partition coefficient (Wildman–Crippen LogP) is 4.08. The van der Waals surface area contributed by atoms with Crippen LogP contribution in [-0.2, 0) is 0 Å². The highest BCUT2D eigenvalue weighted by Crippen LogP contribution is 2.24. The van der Waals surface area contributed by atoms with Gasteiger partial charge in [-0.3, -0.25) is 0 Å². The van der Waals surface area contributed by atoms with Crippen LogP contribution in [0.15, 0.2) is 54.6 Å². The molecule has 0 bridgehead atoms. The minimum atomic E-state index is -4.68. The van der Waals surface area contributed by atoms with E-state index in [2.05, 4.69) is 10.1 Å². The third-order valence-corrected chi connectivity index (χ3v) is 2.53. The van der Waals surface area contributed by atoms with Gasteiger partial charge in [-0.1, -0.05) is 18.2 Å². The molecular formula is C15H14F3NO2. The first kappa shape index (κ1) is 15.0. The van der Waals surface area contributed by atoms with Gasteiger partial charge in [-0.25, -0.2) is 0 Å². The maximum absolute atomic E-state index is 12.0. The first-order chi connectivity index (χ1) is 10.0. The van der Waals surface area contributed by atoms with E-state index in [1.807, 2.05) is 30.3 Å². The lowest BCUT2D eigenvalue weighted by molar-refractivity contribution is -0.274. The fourth-order valence-electron chi connectivity index (χ4n) is 1.66. The third-order valence-electron chi connectivity index (χ3n) is 2.53. The van der Waals surface area contributed by atoms with Crippen molar-refractivity contribution in [3.8, 4) is 11.5 Å². The van der Waals surface area contributed by atoms with Crippen molar-refractivity contribution in [3.05, 3.63) is 54.6 Å². The number of hydrogen-bond acceptors (Lipinski definition) is 3. The predicted molar refractivity (Wildman–Crippen MR) is 73.6 cm³/mol. The monoisotopic (exact) mass is 297 g/mol. The standard InChI is InChI=1S/C15H14F3NO2/c16-15(17,18)21-14-8-6-13(7-9-14)20-11-10-19-12-4-2-1-3-5-12/h1-9,19H,10-11H2. The molecule has 112 valence electrons. The molecule has 21 heavy (non-hydrogen) atoms. The van der Waals surface area contributed by atoms with Crippen LogP contribution in [0.4, 0.5) is 18.9 Å². The van der Waals surface area contributed by atoms with E-state index in [1.54, 1.807) is 0 Å². The minimum absolute atomic E-state index is 0.266. The first-order valence-electron chi connectivity index (χ1n) is 6.30. The van der Waals surface area contributed by atoms with Gasteiger partial charge in [0.05, 0.1) is 0 Å². The van der Waals surface area contributed by atoms with Crippen molar-refractivity contribution < 1.29 is 22.6 Å². The zero-order valence-corrected chi connectivity index (χ0v) is 11.1. The largest absolute Gasteiger partial charge is 0.573 e. The number of halogens is 3. The lowest BCUT2D eigenvalue weighted by atomic mass is 10.3. The number of benzene rings is 2. The van der Waals surface area contributed by atoms with Gasteiger partial charge in [-0.05, 0) is 36.4 Å². The molecule has 0 aliphatic rings. The van der Waals surface area contributed by atoms with Crippen LogP contribution in [0.1, 0.15) is 0 Å². The highest BCUT2D eigenvalue weighted by molar-refractivity contribution is 5.42. The molecule has 0 aromatic heterocycles. The summed E-state index contributed by atoms with van der Waals surface area (Å²) in [6.45, 7) is 0.985. The average molecular weight is 297 g/mol. The Morgan fingerprint density at radius 1 is 0.857 bits per heavy atom. The minimum Gasteiger partial charge on any atom is -0.492 e. The molecule has 2 aromatic rings. The Morgan fingerprint density at radius 3 is 2.10 bits per heavy atom. The van der Waals surface area contributed by atoms with E-state index in [1.165, 1.54) is 24.3 Å². The number of hydrogen-bond donors (Lipinski definition) is 1. The van der Waals surface area contributed by atoms with Crippen LogP contribution in [0.2, 0.25) is 0 Å². The van der Waals surface area contributed by atoms with Gasteiger partial charge in [-0.15, -0.1) is 13.2 Å². The van der Waals surface area contributed by atoms with Crippen LogP contribution in [0.5, 0.6) is 11.5 Å². The van der Waals surface area contributed by atoms with E-state index in [0.29, 0.717) is 18.9 Å². The Labute approximate surface area is 120 Å². The molecule has 0 heterocycles. The normalized spacial score (nSPS) is 11.0. The molecule has 6 heteroatoms. The smallest absolute Gasteiger partial charge is 0.492 e. The summed E-state index contributed by atoms with van der Waals surface area (Å²) in [4.78, 5) is 0. The number of nitrogens with one attached hydrogen (secondary N) is 1. The van der Waals surface area contributed by atoms with Crippen LogP contribution in [-0.4, -0.2) is 19.5 Å². The van der Waals surface area contributed by atoms with Crippen molar-refractivity contribution in [1.29, 1.82) is 0 Å². The number of para-hydroxylation sites is 1. The average Bonchev–Trinajstić information content (AvgIpc) is 2.45. The fourth-order valence-corrected chi connectivity index (χ4v) is 1.66. The summed E-state index contributed by atoms with van der Waals surface area (Å²) in [7, 11) is 0. The molecule has 0 saturated heterocycles. The Morgan fingerprint density at radius 2 is 1.48 bits per heavy atom. The van der Waals surface area contributed by atoms with Crippen LogP contribution >= 0.6 is 0 Å². The van der Waals surface area contributed by atoms with E-state index in [-0.39, 0.29) is 5.75 Å². The second-order valence-electron chi connectivity index (χ2n) is 4.16. The van der Waals surface area contributed by atoms with Crippen molar-refractivity contribution in [1.82, 2.24) is 0 Å². The second kappa shape index (κ2) is 6.88. The summed E-state index contributed by atoms with van der Waals surface area (Å²) in [5.74, 6) is 0.219. The molecule has 0 spiro atoms. The van der Waals surface area contributed by atoms with E-state index < -0.39 is 6.36 Å². The molecule has 0 aliphatic carbocycles. The van der Waals surface area contributed by atoms with Crippen molar-refractivity contribution in [2.24, 2.45) is 0 Å². The van der Waals surface area contributed by atoms with Gasteiger partial charge >= 0.3 is 6.36 Å². The third kappa shape index (κ3) is 5.64. The summed E-state index contributed by atoms with van der Waals surface area (Å²) >= 11 is 0. The zero-order valence-electron chi connectivity index (χ0n) is 11.1. The van der Waals surface area contributed by atoms with Gasteiger partial charge in [-0.2, -0.15) is 0 Å². The van der Waals surface area contributed by atoms with Gasteiger partial charge in [0.2, 0.25) is 0 Å². The molecule has 1 N–H and O–H groups in total. The summed E-state index contributed by atoms with van der Waals surface area (Å²) in [6.07, 6.45) is -4.68. The maximum Gasteiger partial charge on any atom is 0.573 e. The van der Waals surface area contributed by atoms with Crippen molar-refractivity contribution in [2.75, 3.05) is 18.5 Å². The van der Waals surface area contributed by atoms with E-state index >= 15 is 0 Å². The van der Waals surface area contributed by atoms with E-state index in [0.717, 1.165) is 5.69 Å². The van der Waals surface area contributed by atoms with Crippen molar-refractivity contribution in [2.45, 2.75) is 6.36 Å². The Kier molecular flexibility index (Phi) is 4.92. The fraction of sp³-hybridized carbons (Fsp3) is 0.200. The van der Waals surface area contributed by atoms with Crippen LogP contribution in [0, 0.1) is 0 Å². The van der Waals surface area contributed by atoms with Gasteiger partial charge < -0.3 is 14.8 Å². The Bertz CT molecular complexity index is 541. The molecule has 0 amide bonds. The van der Waals surface area contributed by atoms with Gasteiger partial charge in [0.25, 0.3) is 0 Å². The Hall–Kier alpha value is -2.37. The molecule has 0 aliphatic heterocycles. The van der Waals surface area contributed by atoms with Gasteiger partial charge in [0.1, 0.15) is 18.1 Å². The van der Waals surface area contributed by atoms with Crippen molar-refractivity contribution in [3.63, 3.8) is 0 Å². The zero-order chi connectivity index (χ0) is 15.1. The highest BCUT2D eigenvalue weighted by Gasteiger charge is 2.30. The molecule has 2 aromatic carbocycles. The molecule has 3 nitrogen and oxygen atoms in total. The van der Waals surface area contributed by atoms with Gasteiger partial charge in [0.15, 0.2) is 0 Å². The number of ether oxygens (including phenoxy) is 2. The first-order valence-corrected chi connectivity index (χ1v) is 6.30. The molecular weight excluding hydrogens is 283 g/mol. The van der Waals surface area contributed by atoms with Crippen LogP contribution in [0.25, 0.3) is 0 Å². The van der Waals surface area contributed by atoms with Gasteiger partial charge in [0, 0.05) is 12.2 Å². The number of alkyl halides is 3. The van der Waals surface area contributed by atoms with Crippen LogP contribution in [0.3, 0.4) is 0 Å². The molecule has 0 atom stereocenters. The second-order valence-corrected chi connectivity index (χ2v) is 4.16. The topological polar surface area (TPSA) is 30.5 Å². The SMILES string of the molecule is FC(F)(F)Oc1ccc(OCCNc2ccccc2)cc1. The highest BCUT2D eigenvalue weighted by atomic mass is 19.4. The summed E-state index contributed by atoms with van der Waals surface area (Å²) in [5.41, 5.74) is 0.982. The van der Waals surface area contributed by atoms with Crippen molar-refractivity contribution >= 4 is 5.69 Å². The summed E-state index contributed by atoms with van der Waals surface area (Å²) in [5, 5.41) is 3.16. The maximum atomic E-state index is 12.0.